The summed E-state index contributed by atoms with van der Waals surface area (Å²) in [5.41, 5.74) is 14.7. The number of benzene rings is 4. The molecule has 0 aliphatic rings. The summed E-state index contributed by atoms with van der Waals surface area (Å²) in [5.74, 6) is 0.773. The second-order valence-electron chi connectivity index (χ2n) is 9.37. The van der Waals surface area contributed by atoms with Gasteiger partial charge in [0.25, 0.3) is 0 Å². The van der Waals surface area contributed by atoms with E-state index in [-0.39, 0.29) is 6.00 Å². The van der Waals surface area contributed by atoms with Crippen molar-refractivity contribution in [2.75, 3.05) is 6.00 Å². The minimum atomic E-state index is 0.189. The van der Waals surface area contributed by atoms with Gasteiger partial charge in [-0.3, -0.25) is 4.99 Å². The van der Waals surface area contributed by atoms with Crippen LogP contribution in [0.1, 0.15) is 61.3 Å². The summed E-state index contributed by atoms with van der Waals surface area (Å²) in [6, 6.07) is 36.5. The highest BCUT2D eigenvalue weighted by Crippen LogP contribution is 2.28. The van der Waals surface area contributed by atoms with Crippen molar-refractivity contribution in [2.45, 2.75) is 41.2 Å². The predicted octanol–water partition coefficient (Wildman–Crippen LogP) is 12.3. The number of halogens is 1. The fourth-order valence-electron chi connectivity index (χ4n) is 4.00. The molecule has 0 bridgehead atoms. The van der Waals surface area contributed by atoms with Crippen LogP contribution in [-0.4, -0.2) is 11.7 Å². The highest BCUT2D eigenvalue weighted by Gasteiger charge is 2.17. The van der Waals surface area contributed by atoms with Gasteiger partial charge in [-0.25, -0.2) is 0 Å². The summed E-state index contributed by atoms with van der Waals surface area (Å²) in [7, 11) is 0. The quantitative estimate of drug-likeness (QED) is 0.0874. The highest BCUT2D eigenvalue weighted by molar-refractivity contribution is 6.20. The summed E-state index contributed by atoms with van der Waals surface area (Å²) >= 11 is 5.89. The van der Waals surface area contributed by atoms with Crippen molar-refractivity contribution in [2.24, 2.45) is 10.7 Å². The van der Waals surface area contributed by atoms with E-state index in [1.807, 2.05) is 126 Å². The van der Waals surface area contributed by atoms with Crippen molar-refractivity contribution in [1.29, 1.82) is 0 Å². The van der Waals surface area contributed by atoms with Gasteiger partial charge in [-0.2, -0.15) is 0 Å². The number of nitrogens with zero attached hydrogens (tertiary/aromatic N) is 1. The Labute approximate surface area is 283 Å². The Balaban J connectivity index is 0.000000724. The van der Waals surface area contributed by atoms with Crippen LogP contribution in [0.3, 0.4) is 0 Å². The van der Waals surface area contributed by atoms with E-state index < -0.39 is 0 Å². The molecule has 5 rings (SSSR count). The minimum Gasteiger partial charge on any atom is -0.454 e. The number of rotatable bonds is 6. The van der Waals surface area contributed by atoms with Crippen LogP contribution in [0.5, 0.6) is 0 Å². The molecule has 0 unspecified atom stereocenters. The lowest BCUT2D eigenvalue weighted by Gasteiger charge is -2.07. The summed E-state index contributed by atoms with van der Waals surface area (Å²) in [6.45, 7) is 30.5. The van der Waals surface area contributed by atoms with E-state index in [0.29, 0.717) is 6.54 Å². The molecule has 0 aliphatic heterocycles. The van der Waals surface area contributed by atoms with E-state index in [2.05, 4.69) is 62.7 Å². The Kier molecular flexibility index (Phi) is 22.1. The van der Waals surface area contributed by atoms with Crippen molar-refractivity contribution in [1.82, 2.24) is 0 Å². The number of furan rings is 1. The predicted molar refractivity (Wildman–Crippen MR) is 208 cm³/mol. The number of hydrogen-bond donors (Lipinski definition) is 1. The SMILES string of the molecule is C=C.C=C.C=C(C)c1ccc(/C(=N/CCl)c2oc3ccccc3c2C)cc1.C=C(C)c1ccccc1.CC.NCc1ccccc1. The summed E-state index contributed by atoms with van der Waals surface area (Å²) in [5, 5.41) is 1.10. The van der Waals surface area contributed by atoms with Gasteiger partial charge in [0.1, 0.15) is 17.3 Å². The summed E-state index contributed by atoms with van der Waals surface area (Å²) in [6.07, 6.45) is 0. The molecule has 1 aromatic heterocycles. The van der Waals surface area contributed by atoms with Crippen molar-refractivity contribution < 1.29 is 4.42 Å². The Hall–Kier alpha value is -4.70. The molecule has 4 heteroatoms. The third-order valence-electron chi connectivity index (χ3n) is 6.27. The second kappa shape index (κ2) is 24.6. The lowest BCUT2D eigenvalue weighted by atomic mass is 10.0. The van der Waals surface area contributed by atoms with Gasteiger partial charge < -0.3 is 10.2 Å². The zero-order valence-corrected chi connectivity index (χ0v) is 29.1. The largest absolute Gasteiger partial charge is 0.454 e. The molecule has 0 aliphatic carbocycles. The average molecular weight is 635 g/mol. The minimum absolute atomic E-state index is 0.189. The Morgan fingerprint density at radius 1 is 0.674 bits per heavy atom. The average Bonchev–Trinajstić information content (AvgIpc) is 3.46. The van der Waals surface area contributed by atoms with Gasteiger partial charge in [0.2, 0.25) is 0 Å². The molecule has 0 atom stereocenters. The molecular weight excluding hydrogens is 584 g/mol. The molecule has 0 radical (unpaired) electrons. The van der Waals surface area contributed by atoms with Crippen LogP contribution >= 0.6 is 11.6 Å². The van der Waals surface area contributed by atoms with Crippen molar-refractivity contribution >= 4 is 39.4 Å². The smallest absolute Gasteiger partial charge is 0.156 e. The van der Waals surface area contributed by atoms with E-state index in [9.17, 15) is 0 Å². The molecule has 0 amide bonds. The molecule has 4 aromatic carbocycles. The van der Waals surface area contributed by atoms with Crippen LogP contribution in [0.15, 0.2) is 158 Å². The summed E-state index contributed by atoms with van der Waals surface area (Å²) in [4.78, 5) is 4.46. The zero-order chi connectivity index (χ0) is 34.9. The van der Waals surface area contributed by atoms with Crippen LogP contribution in [0.2, 0.25) is 0 Å². The molecular formula is C42H51ClN2O. The summed E-state index contributed by atoms with van der Waals surface area (Å²) < 4.78 is 6.04. The van der Waals surface area contributed by atoms with Crippen molar-refractivity contribution in [3.05, 3.63) is 182 Å². The molecule has 2 N–H and O–H groups in total. The monoisotopic (exact) mass is 634 g/mol. The first kappa shape index (κ1) is 41.3. The van der Waals surface area contributed by atoms with Gasteiger partial charge in [-0.15, -0.1) is 37.9 Å². The van der Waals surface area contributed by atoms with Crippen LogP contribution in [0.4, 0.5) is 0 Å². The number of allylic oxidation sites excluding steroid dienone is 2. The van der Waals surface area contributed by atoms with E-state index in [4.69, 9.17) is 21.8 Å². The Morgan fingerprint density at radius 3 is 1.52 bits per heavy atom. The number of nitrogens with two attached hydrogens (primary N) is 1. The van der Waals surface area contributed by atoms with Crippen molar-refractivity contribution in [3.8, 4) is 0 Å². The third-order valence-corrected chi connectivity index (χ3v) is 6.39. The number of alkyl halides is 1. The van der Waals surface area contributed by atoms with Gasteiger partial charge >= 0.3 is 0 Å². The number of aryl methyl sites for hydroxylation is 1. The van der Waals surface area contributed by atoms with Crippen molar-refractivity contribution in [3.63, 3.8) is 0 Å². The first-order chi connectivity index (χ1) is 22.3. The molecule has 0 spiro atoms. The van der Waals surface area contributed by atoms with Gasteiger partial charge in [0.05, 0.1) is 0 Å². The van der Waals surface area contributed by atoms with E-state index in [1.54, 1.807) is 0 Å². The number of hydrogen-bond acceptors (Lipinski definition) is 3. The molecule has 0 fully saturated rings. The zero-order valence-electron chi connectivity index (χ0n) is 28.4. The number of aliphatic imine (C=N–C) groups is 1. The molecule has 46 heavy (non-hydrogen) atoms. The molecule has 0 saturated heterocycles. The van der Waals surface area contributed by atoms with Crippen LogP contribution < -0.4 is 5.73 Å². The van der Waals surface area contributed by atoms with Gasteiger partial charge in [0.15, 0.2) is 5.76 Å². The Morgan fingerprint density at radius 2 is 1.11 bits per heavy atom. The van der Waals surface area contributed by atoms with Crippen LogP contribution in [0, 0.1) is 6.92 Å². The third kappa shape index (κ3) is 13.5. The van der Waals surface area contributed by atoms with E-state index in [1.165, 1.54) is 11.1 Å². The number of para-hydroxylation sites is 1. The van der Waals surface area contributed by atoms with E-state index >= 15 is 0 Å². The maximum atomic E-state index is 6.04. The molecule has 3 nitrogen and oxygen atoms in total. The molecule has 242 valence electrons. The fourth-order valence-corrected chi connectivity index (χ4v) is 4.12. The van der Waals surface area contributed by atoms with Crippen LogP contribution in [0.25, 0.3) is 22.1 Å². The lowest BCUT2D eigenvalue weighted by Crippen LogP contribution is -2.04. The second-order valence-corrected chi connectivity index (χ2v) is 9.61. The Bertz CT molecular complexity index is 1580. The maximum Gasteiger partial charge on any atom is 0.156 e. The van der Waals surface area contributed by atoms with Gasteiger partial charge in [-0.05, 0) is 43.5 Å². The number of fused-ring (bicyclic) bond motifs is 1. The van der Waals surface area contributed by atoms with Gasteiger partial charge in [-0.1, -0.05) is 141 Å². The molecule has 1 heterocycles. The standard InChI is InChI=1S/C20H18ClNO.C9H10.C7H9N.C2H6.2C2H4/c1-13(2)15-8-10-16(11-9-15)19(22-12-21)20-14(3)17-6-4-5-7-18(17)23-20;1-8(2)9-6-4-3-5-7-9;8-6-7-4-2-1-3-5-7;3*1-2/h4-11H,1,12H2,2-3H3;3-7H,1H2,2H3;1-5H,6,8H2;1-2H3;2*1-2H2/b22-19-;;;;;. The first-order valence-electron chi connectivity index (χ1n) is 15.2. The van der Waals surface area contributed by atoms with E-state index in [0.717, 1.165) is 50.3 Å². The molecule has 5 aromatic rings. The fraction of sp³-hybridized carbons (Fsp3) is 0.167. The lowest BCUT2D eigenvalue weighted by molar-refractivity contribution is 0.602. The van der Waals surface area contributed by atoms with Gasteiger partial charge in [0, 0.05) is 23.1 Å². The maximum absolute atomic E-state index is 6.04. The molecule has 0 saturated carbocycles. The highest BCUT2D eigenvalue weighted by atomic mass is 35.5. The topological polar surface area (TPSA) is 51.5 Å². The van der Waals surface area contributed by atoms with Crippen LogP contribution in [-0.2, 0) is 6.54 Å². The normalized spacial score (nSPS) is 9.59. The first-order valence-corrected chi connectivity index (χ1v) is 15.7.